The molecule has 1 aliphatic carbocycles. The standard InChI is InChI=1S/C14H30N2O/c1-16(11-9-15-10-12-17-2)13-14-7-5-3-4-6-8-14/h14-15H,3-13H2,1-2H3. The fraction of sp³-hybridized carbons (Fsp3) is 1.00. The highest BCUT2D eigenvalue weighted by Crippen LogP contribution is 2.23. The molecule has 1 aliphatic rings. The number of methoxy groups -OCH3 is 1. The van der Waals surface area contributed by atoms with Gasteiger partial charge in [-0.1, -0.05) is 25.7 Å². The number of rotatable bonds is 8. The smallest absolute Gasteiger partial charge is 0.0587 e. The van der Waals surface area contributed by atoms with Crippen LogP contribution in [-0.2, 0) is 4.74 Å². The Bertz CT molecular complexity index is 168. The van der Waals surface area contributed by atoms with Crippen LogP contribution in [0.5, 0.6) is 0 Å². The number of hydrogen-bond donors (Lipinski definition) is 1. The topological polar surface area (TPSA) is 24.5 Å². The second kappa shape index (κ2) is 9.86. The maximum atomic E-state index is 5.01. The Balaban J connectivity index is 2.00. The van der Waals surface area contributed by atoms with Crippen molar-refractivity contribution in [2.45, 2.75) is 38.5 Å². The van der Waals surface area contributed by atoms with Crippen molar-refractivity contribution in [2.75, 3.05) is 46.9 Å². The fourth-order valence-electron chi connectivity index (χ4n) is 2.65. The molecule has 3 nitrogen and oxygen atoms in total. The molecule has 0 aromatic heterocycles. The van der Waals surface area contributed by atoms with E-state index < -0.39 is 0 Å². The first-order valence-corrected chi connectivity index (χ1v) is 7.21. The van der Waals surface area contributed by atoms with Gasteiger partial charge in [-0.05, 0) is 25.8 Å². The Morgan fingerprint density at radius 3 is 2.47 bits per heavy atom. The number of ether oxygens (including phenoxy) is 1. The van der Waals surface area contributed by atoms with Crippen molar-refractivity contribution in [3.63, 3.8) is 0 Å². The zero-order valence-electron chi connectivity index (χ0n) is 11.7. The Labute approximate surface area is 107 Å². The van der Waals surface area contributed by atoms with Crippen LogP contribution in [0.25, 0.3) is 0 Å². The molecule has 0 amide bonds. The van der Waals surface area contributed by atoms with E-state index in [0.717, 1.165) is 32.2 Å². The molecule has 1 saturated carbocycles. The van der Waals surface area contributed by atoms with E-state index in [-0.39, 0.29) is 0 Å². The van der Waals surface area contributed by atoms with Crippen molar-refractivity contribution in [3.8, 4) is 0 Å². The molecule has 0 aromatic carbocycles. The first-order chi connectivity index (χ1) is 8.33. The van der Waals surface area contributed by atoms with Crippen LogP contribution in [0.3, 0.4) is 0 Å². The molecule has 0 bridgehead atoms. The van der Waals surface area contributed by atoms with Crippen LogP contribution >= 0.6 is 0 Å². The normalized spacial score (nSPS) is 18.5. The summed E-state index contributed by atoms with van der Waals surface area (Å²) in [6.07, 6.45) is 8.70. The van der Waals surface area contributed by atoms with Gasteiger partial charge in [0.25, 0.3) is 0 Å². The minimum absolute atomic E-state index is 0.812. The lowest BCUT2D eigenvalue weighted by molar-refractivity contribution is 0.196. The molecule has 0 aromatic rings. The summed E-state index contributed by atoms with van der Waals surface area (Å²) >= 11 is 0. The van der Waals surface area contributed by atoms with E-state index in [1.807, 2.05) is 0 Å². The lowest BCUT2D eigenvalue weighted by Crippen LogP contribution is -2.33. The summed E-state index contributed by atoms with van der Waals surface area (Å²) in [5, 5.41) is 3.40. The summed E-state index contributed by atoms with van der Waals surface area (Å²) in [6.45, 7) is 5.29. The van der Waals surface area contributed by atoms with Crippen molar-refractivity contribution in [1.82, 2.24) is 10.2 Å². The molecule has 0 atom stereocenters. The van der Waals surface area contributed by atoms with Gasteiger partial charge in [0.05, 0.1) is 6.61 Å². The average molecular weight is 242 g/mol. The molecule has 0 unspecified atom stereocenters. The zero-order chi connectivity index (χ0) is 12.3. The average Bonchev–Trinajstić information content (AvgIpc) is 2.57. The highest BCUT2D eigenvalue weighted by atomic mass is 16.5. The summed E-state index contributed by atoms with van der Waals surface area (Å²) in [5.74, 6) is 0.946. The second-order valence-corrected chi connectivity index (χ2v) is 5.36. The third-order valence-electron chi connectivity index (χ3n) is 3.70. The highest BCUT2D eigenvalue weighted by molar-refractivity contribution is 4.68. The molecule has 3 heteroatoms. The monoisotopic (exact) mass is 242 g/mol. The molecule has 1 rings (SSSR count). The van der Waals surface area contributed by atoms with Crippen LogP contribution in [0.2, 0.25) is 0 Å². The van der Waals surface area contributed by atoms with Crippen molar-refractivity contribution in [2.24, 2.45) is 5.92 Å². The quantitative estimate of drug-likeness (QED) is 0.521. The number of likely N-dealkylation sites (N-methyl/N-ethyl adjacent to an activating group) is 1. The predicted molar refractivity (Wildman–Crippen MR) is 73.4 cm³/mol. The van der Waals surface area contributed by atoms with Crippen molar-refractivity contribution < 1.29 is 4.74 Å². The first kappa shape index (κ1) is 14.9. The fourth-order valence-corrected chi connectivity index (χ4v) is 2.65. The largest absolute Gasteiger partial charge is 0.383 e. The maximum absolute atomic E-state index is 5.01. The van der Waals surface area contributed by atoms with Gasteiger partial charge in [0, 0.05) is 33.3 Å². The molecule has 1 N–H and O–H groups in total. The lowest BCUT2D eigenvalue weighted by Gasteiger charge is -2.23. The van der Waals surface area contributed by atoms with E-state index in [1.54, 1.807) is 7.11 Å². The Kier molecular flexibility index (Phi) is 8.67. The van der Waals surface area contributed by atoms with Gasteiger partial charge in [0.2, 0.25) is 0 Å². The van der Waals surface area contributed by atoms with Crippen LogP contribution in [-0.4, -0.2) is 51.8 Å². The minimum Gasteiger partial charge on any atom is -0.383 e. The van der Waals surface area contributed by atoms with Gasteiger partial charge < -0.3 is 15.0 Å². The minimum atomic E-state index is 0.812. The van der Waals surface area contributed by atoms with Gasteiger partial charge in [0.1, 0.15) is 0 Å². The van der Waals surface area contributed by atoms with Crippen molar-refractivity contribution in [3.05, 3.63) is 0 Å². The van der Waals surface area contributed by atoms with Gasteiger partial charge in [-0.25, -0.2) is 0 Å². The van der Waals surface area contributed by atoms with Gasteiger partial charge in [-0.3, -0.25) is 0 Å². The summed E-state index contributed by atoms with van der Waals surface area (Å²) in [6, 6.07) is 0. The van der Waals surface area contributed by atoms with Crippen LogP contribution < -0.4 is 5.32 Å². The second-order valence-electron chi connectivity index (χ2n) is 5.36. The molecule has 102 valence electrons. The van der Waals surface area contributed by atoms with E-state index in [0.29, 0.717) is 0 Å². The van der Waals surface area contributed by atoms with E-state index in [1.165, 1.54) is 45.1 Å². The Morgan fingerprint density at radius 2 is 1.82 bits per heavy atom. The third-order valence-corrected chi connectivity index (χ3v) is 3.70. The number of nitrogens with zero attached hydrogens (tertiary/aromatic N) is 1. The molecule has 0 heterocycles. The van der Waals surface area contributed by atoms with Crippen molar-refractivity contribution in [1.29, 1.82) is 0 Å². The summed E-state index contributed by atoms with van der Waals surface area (Å²) < 4.78 is 5.01. The molecule has 1 fully saturated rings. The highest BCUT2D eigenvalue weighted by Gasteiger charge is 2.13. The van der Waals surface area contributed by atoms with E-state index in [2.05, 4.69) is 17.3 Å². The predicted octanol–water partition coefficient (Wildman–Crippen LogP) is 2.12. The van der Waals surface area contributed by atoms with Gasteiger partial charge in [0.15, 0.2) is 0 Å². The van der Waals surface area contributed by atoms with Gasteiger partial charge >= 0.3 is 0 Å². The van der Waals surface area contributed by atoms with Crippen LogP contribution in [0, 0.1) is 5.92 Å². The van der Waals surface area contributed by atoms with Crippen LogP contribution in [0.4, 0.5) is 0 Å². The van der Waals surface area contributed by atoms with Crippen LogP contribution in [0.1, 0.15) is 38.5 Å². The van der Waals surface area contributed by atoms with Gasteiger partial charge in [-0.15, -0.1) is 0 Å². The molecule has 0 radical (unpaired) electrons. The Morgan fingerprint density at radius 1 is 1.12 bits per heavy atom. The maximum Gasteiger partial charge on any atom is 0.0587 e. The first-order valence-electron chi connectivity index (χ1n) is 7.21. The summed E-state index contributed by atoms with van der Waals surface area (Å²) in [4.78, 5) is 2.48. The Hall–Kier alpha value is -0.120. The number of nitrogens with one attached hydrogen (secondary N) is 1. The molecule has 0 spiro atoms. The molecule has 0 saturated heterocycles. The van der Waals surface area contributed by atoms with E-state index >= 15 is 0 Å². The molecule has 17 heavy (non-hydrogen) atoms. The van der Waals surface area contributed by atoms with Crippen LogP contribution in [0.15, 0.2) is 0 Å². The molecule has 0 aliphatic heterocycles. The van der Waals surface area contributed by atoms with E-state index in [4.69, 9.17) is 4.74 Å². The summed E-state index contributed by atoms with van der Waals surface area (Å²) in [5.41, 5.74) is 0. The third kappa shape index (κ3) is 7.74. The molecular formula is C14H30N2O. The lowest BCUT2D eigenvalue weighted by atomic mass is 10.00. The van der Waals surface area contributed by atoms with Crippen molar-refractivity contribution >= 4 is 0 Å². The van der Waals surface area contributed by atoms with E-state index in [9.17, 15) is 0 Å². The zero-order valence-corrected chi connectivity index (χ0v) is 11.7. The SMILES string of the molecule is COCCNCCN(C)CC1CCCCCC1. The summed E-state index contributed by atoms with van der Waals surface area (Å²) in [7, 11) is 4.00. The van der Waals surface area contributed by atoms with Gasteiger partial charge in [-0.2, -0.15) is 0 Å². The molecular weight excluding hydrogens is 212 g/mol. The number of hydrogen-bond acceptors (Lipinski definition) is 3.